The van der Waals surface area contributed by atoms with Crippen molar-refractivity contribution >= 4 is 23.4 Å². The van der Waals surface area contributed by atoms with Crippen molar-refractivity contribution in [2.45, 2.75) is 25.8 Å². The smallest absolute Gasteiger partial charge is 0.229 e. The molecule has 2 rings (SSSR count). The largest absolute Gasteiger partial charge is 0.278 e. The Morgan fingerprint density at radius 2 is 1.94 bits per heavy atom. The van der Waals surface area contributed by atoms with Crippen molar-refractivity contribution in [1.82, 2.24) is 9.88 Å². The first kappa shape index (κ1) is 11.1. The van der Waals surface area contributed by atoms with Crippen LogP contribution in [0.5, 0.6) is 0 Å². The molecular weight excluding hydrogens is 228 g/mol. The van der Waals surface area contributed by atoms with E-state index in [2.05, 4.69) is 4.98 Å². The Labute approximate surface area is 98.2 Å². The zero-order valence-corrected chi connectivity index (χ0v) is 9.41. The average Bonchev–Trinajstić information content (AvgIpc) is 2.26. The molecule has 0 aliphatic carbocycles. The van der Waals surface area contributed by atoms with Gasteiger partial charge in [-0.25, -0.2) is 4.98 Å². The highest BCUT2D eigenvalue weighted by Gasteiger charge is 2.25. The number of hydrogen-bond acceptors (Lipinski definition) is 3. The fourth-order valence-corrected chi connectivity index (χ4v) is 1.77. The first-order valence-electron chi connectivity index (χ1n) is 5.10. The van der Waals surface area contributed by atoms with Gasteiger partial charge in [0.1, 0.15) is 5.15 Å². The van der Waals surface area contributed by atoms with Gasteiger partial charge in [-0.3, -0.25) is 14.5 Å². The van der Waals surface area contributed by atoms with Gasteiger partial charge in [0.25, 0.3) is 0 Å². The summed E-state index contributed by atoms with van der Waals surface area (Å²) >= 11 is 5.65. The Hall–Kier alpha value is -1.42. The summed E-state index contributed by atoms with van der Waals surface area (Å²) in [5.74, 6) is -0.211. The second-order valence-electron chi connectivity index (χ2n) is 3.72. The molecule has 0 spiro atoms. The summed E-state index contributed by atoms with van der Waals surface area (Å²) in [6.45, 7) is 0.293. The van der Waals surface area contributed by atoms with E-state index in [9.17, 15) is 9.59 Å². The Kier molecular flexibility index (Phi) is 3.19. The molecule has 0 aromatic carbocycles. The van der Waals surface area contributed by atoms with Gasteiger partial charge in [0.05, 0.1) is 6.54 Å². The third kappa shape index (κ3) is 2.39. The molecule has 1 fully saturated rings. The Morgan fingerprint density at radius 3 is 2.50 bits per heavy atom. The van der Waals surface area contributed by atoms with E-state index < -0.39 is 0 Å². The van der Waals surface area contributed by atoms with Gasteiger partial charge in [0, 0.05) is 19.0 Å². The summed E-state index contributed by atoms with van der Waals surface area (Å²) in [6, 6.07) is 3.42. The number of imide groups is 1. The highest BCUT2D eigenvalue weighted by atomic mass is 35.5. The molecule has 1 aliphatic heterocycles. The van der Waals surface area contributed by atoms with Gasteiger partial charge in [-0.15, -0.1) is 0 Å². The van der Waals surface area contributed by atoms with Crippen molar-refractivity contribution in [3.05, 3.63) is 29.0 Å². The second kappa shape index (κ2) is 4.61. The van der Waals surface area contributed by atoms with E-state index in [1.807, 2.05) is 0 Å². The minimum absolute atomic E-state index is 0.105. The first-order chi connectivity index (χ1) is 7.66. The van der Waals surface area contributed by atoms with Crippen LogP contribution in [0.25, 0.3) is 0 Å². The predicted molar refractivity (Wildman–Crippen MR) is 58.7 cm³/mol. The zero-order valence-electron chi connectivity index (χ0n) is 8.65. The lowest BCUT2D eigenvalue weighted by molar-refractivity contribution is -0.148. The van der Waals surface area contributed by atoms with Crippen LogP contribution in [0.1, 0.15) is 24.8 Å². The lowest BCUT2D eigenvalue weighted by atomic mass is 10.1. The molecule has 1 aliphatic rings. The highest BCUT2D eigenvalue weighted by molar-refractivity contribution is 6.29. The monoisotopic (exact) mass is 238 g/mol. The van der Waals surface area contributed by atoms with Crippen molar-refractivity contribution < 1.29 is 9.59 Å². The molecule has 1 saturated heterocycles. The first-order valence-corrected chi connectivity index (χ1v) is 5.48. The summed E-state index contributed by atoms with van der Waals surface area (Å²) in [7, 11) is 0. The number of carbonyl (C=O) groups is 2. The van der Waals surface area contributed by atoms with Crippen molar-refractivity contribution in [2.75, 3.05) is 0 Å². The van der Waals surface area contributed by atoms with Crippen LogP contribution in [-0.4, -0.2) is 21.7 Å². The summed E-state index contributed by atoms with van der Waals surface area (Å²) in [5.41, 5.74) is 0.813. The van der Waals surface area contributed by atoms with Gasteiger partial charge in [0.15, 0.2) is 0 Å². The molecule has 0 radical (unpaired) electrons. The fourth-order valence-electron chi connectivity index (χ4n) is 1.66. The van der Waals surface area contributed by atoms with Gasteiger partial charge >= 0.3 is 0 Å². The van der Waals surface area contributed by atoms with Crippen LogP contribution in [-0.2, 0) is 16.1 Å². The SMILES string of the molecule is O=C1CCCC(=O)N1Cc1ccc(Cl)nc1. The molecule has 16 heavy (non-hydrogen) atoms. The Bertz CT molecular complexity index is 400. The van der Waals surface area contributed by atoms with Gasteiger partial charge in [0.2, 0.25) is 11.8 Å². The third-order valence-corrected chi connectivity index (χ3v) is 2.74. The van der Waals surface area contributed by atoms with E-state index in [0.717, 1.165) is 5.56 Å². The average molecular weight is 239 g/mol. The number of nitrogens with zero attached hydrogens (tertiary/aromatic N) is 2. The number of likely N-dealkylation sites (tertiary alicyclic amines) is 1. The standard InChI is InChI=1S/C11H11ClN2O2/c12-9-5-4-8(6-13-9)7-14-10(15)2-1-3-11(14)16/h4-6H,1-3,7H2. The summed E-state index contributed by atoms with van der Waals surface area (Å²) < 4.78 is 0. The molecule has 2 heterocycles. The van der Waals surface area contributed by atoms with E-state index in [1.54, 1.807) is 18.3 Å². The topological polar surface area (TPSA) is 50.3 Å². The van der Waals surface area contributed by atoms with Crippen LogP contribution < -0.4 is 0 Å². The van der Waals surface area contributed by atoms with E-state index >= 15 is 0 Å². The molecule has 0 bridgehead atoms. The molecule has 2 amide bonds. The molecule has 0 saturated carbocycles. The molecule has 1 aromatic rings. The molecule has 5 heteroatoms. The minimum atomic E-state index is -0.105. The maximum atomic E-state index is 11.5. The van der Waals surface area contributed by atoms with Gasteiger partial charge < -0.3 is 0 Å². The number of piperidine rings is 1. The van der Waals surface area contributed by atoms with Gasteiger partial charge in [-0.05, 0) is 18.1 Å². The second-order valence-corrected chi connectivity index (χ2v) is 4.10. The Balaban J connectivity index is 2.10. The lowest BCUT2D eigenvalue weighted by Gasteiger charge is -2.24. The van der Waals surface area contributed by atoms with Crippen molar-refractivity contribution in [3.8, 4) is 0 Å². The third-order valence-electron chi connectivity index (χ3n) is 2.51. The molecule has 0 N–H and O–H groups in total. The maximum absolute atomic E-state index is 11.5. The summed E-state index contributed by atoms with van der Waals surface area (Å²) in [4.78, 5) is 28.3. The van der Waals surface area contributed by atoms with E-state index in [0.29, 0.717) is 31.0 Å². The van der Waals surface area contributed by atoms with Crippen LogP contribution in [0.2, 0.25) is 5.15 Å². The molecule has 84 valence electrons. The number of rotatable bonds is 2. The number of pyridine rings is 1. The highest BCUT2D eigenvalue weighted by Crippen LogP contribution is 2.16. The number of carbonyl (C=O) groups excluding carboxylic acids is 2. The number of amides is 2. The van der Waals surface area contributed by atoms with E-state index in [1.165, 1.54) is 4.90 Å². The lowest BCUT2D eigenvalue weighted by Crippen LogP contribution is -2.39. The molecule has 1 aromatic heterocycles. The van der Waals surface area contributed by atoms with Gasteiger partial charge in [-0.2, -0.15) is 0 Å². The van der Waals surface area contributed by atoms with Crippen molar-refractivity contribution in [1.29, 1.82) is 0 Å². The zero-order chi connectivity index (χ0) is 11.5. The summed E-state index contributed by atoms with van der Waals surface area (Å²) in [5, 5.41) is 0.403. The summed E-state index contributed by atoms with van der Waals surface area (Å²) in [6.07, 6.45) is 3.14. The number of aromatic nitrogens is 1. The normalized spacial score (nSPS) is 16.7. The van der Waals surface area contributed by atoms with Crippen LogP contribution >= 0.6 is 11.6 Å². The van der Waals surface area contributed by atoms with E-state index in [4.69, 9.17) is 11.6 Å². The number of hydrogen-bond donors (Lipinski definition) is 0. The van der Waals surface area contributed by atoms with Gasteiger partial charge in [-0.1, -0.05) is 17.7 Å². The molecule has 4 nitrogen and oxygen atoms in total. The molecular formula is C11H11ClN2O2. The maximum Gasteiger partial charge on any atom is 0.229 e. The van der Waals surface area contributed by atoms with Crippen molar-refractivity contribution in [2.24, 2.45) is 0 Å². The number of halogens is 1. The van der Waals surface area contributed by atoms with Crippen LogP contribution in [0.15, 0.2) is 18.3 Å². The van der Waals surface area contributed by atoms with Crippen LogP contribution in [0.3, 0.4) is 0 Å². The van der Waals surface area contributed by atoms with Crippen LogP contribution in [0.4, 0.5) is 0 Å². The minimum Gasteiger partial charge on any atom is -0.278 e. The van der Waals surface area contributed by atoms with Crippen LogP contribution in [0, 0.1) is 0 Å². The fraction of sp³-hybridized carbons (Fsp3) is 0.364. The quantitative estimate of drug-likeness (QED) is 0.583. The van der Waals surface area contributed by atoms with Crippen molar-refractivity contribution in [3.63, 3.8) is 0 Å². The van der Waals surface area contributed by atoms with E-state index in [-0.39, 0.29) is 11.8 Å². The predicted octanol–water partition coefficient (Wildman–Crippen LogP) is 1.77. The molecule has 0 unspecified atom stereocenters. The Morgan fingerprint density at radius 1 is 1.25 bits per heavy atom. The molecule has 0 atom stereocenters.